The maximum Gasteiger partial charge on any atom is 0.253 e. The van der Waals surface area contributed by atoms with Crippen molar-refractivity contribution < 1.29 is 9.59 Å². The van der Waals surface area contributed by atoms with E-state index in [0.29, 0.717) is 24.5 Å². The van der Waals surface area contributed by atoms with Crippen LogP contribution in [0.3, 0.4) is 0 Å². The van der Waals surface area contributed by atoms with Crippen molar-refractivity contribution in [1.29, 1.82) is 0 Å². The van der Waals surface area contributed by atoms with Crippen molar-refractivity contribution in [2.75, 3.05) is 18.4 Å². The van der Waals surface area contributed by atoms with Gasteiger partial charge in [0.15, 0.2) is 0 Å². The summed E-state index contributed by atoms with van der Waals surface area (Å²) in [5, 5.41) is 2.90. The Bertz CT molecular complexity index is 776. The van der Waals surface area contributed by atoms with Crippen molar-refractivity contribution >= 4 is 40.2 Å². The van der Waals surface area contributed by atoms with Gasteiger partial charge in [-0.25, -0.2) is 4.98 Å². The molecule has 1 saturated heterocycles. The molecule has 1 N–H and O–H groups in total. The van der Waals surface area contributed by atoms with Crippen LogP contribution in [0.4, 0.5) is 5.82 Å². The molecule has 5 nitrogen and oxygen atoms in total. The minimum Gasteiger partial charge on any atom is -0.338 e. The lowest BCUT2D eigenvalue weighted by Crippen LogP contribution is -2.43. The summed E-state index contributed by atoms with van der Waals surface area (Å²) >= 11 is 2.22. The molecule has 1 aliphatic heterocycles. The number of anilines is 1. The molecule has 0 bridgehead atoms. The van der Waals surface area contributed by atoms with Crippen LogP contribution < -0.4 is 5.32 Å². The summed E-state index contributed by atoms with van der Waals surface area (Å²) in [6.45, 7) is 3.05. The molecule has 2 aromatic rings. The van der Waals surface area contributed by atoms with Crippen molar-refractivity contribution in [3.63, 3.8) is 0 Å². The predicted octanol–water partition coefficient (Wildman–Crippen LogP) is 3.49. The van der Waals surface area contributed by atoms with Gasteiger partial charge in [0.1, 0.15) is 5.82 Å². The number of aryl methyl sites for hydroxylation is 1. The fourth-order valence-corrected chi connectivity index (χ4v) is 3.35. The average Bonchev–Trinajstić information content (AvgIpc) is 2.64. The molecule has 1 atom stereocenters. The third kappa shape index (κ3) is 4.36. The number of hydrogen-bond donors (Lipinski definition) is 1. The van der Waals surface area contributed by atoms with Crippen LogP contribution in [0.1, 0.15) is 28.8 Å². The van der Waals surface area contributed by atoms with Crippen LogP contribution in [0.5, 0.6) is 0 Å². The quantitative estimate of drug-likeness (QED) is 0.731. The summed E-state index contributed by atoms with van der Waals surface area (Å²) < 4.78 is 1.09. The number of benzene rings is 1. The highest BCUT2D eigenvalue weighted by Gasteiger charge is 2.29. The Kier molecular flexibility index (Phi) is 5.67. The average molecular weight is 449 g/mol. The highest BCUT2D eigenvalue weighted by Crippen LogP contribution is 2.21. The molecule has 1 aromatic heterocycles. The van der Waals surface area contributed by atoms with Crippen molar-refractivity contribution in [1.82, 2.24) is 9.88 Å². The third-order valence-corrected chi connectivity index (χ3v) is 5.14. The van der Waals surface area contributed by atoms with Crippen LogP contribution in [0.2, 0.25) is 0 Å². The molecule has 0 aliphatic carbocycles. The van der Waals surface area contributed by atoms with E-state index in [1.165, 1.54) is 0 Å². The molecule has 0 radical (unpaired) electrons. The number of nitrogens with zero attached hydrogens (tertiary/aromatic N) is 2. The largest absolute Gasteiger partial charge is 0.338 e. The van der Waals surface area contributed by atoms with E-state index in [9.17, 15) is 9.59 Å². The number of halogens is 1. The van der Waals surface area contributed by atoms with Gasteiger partial charge in [0.25, 0.3) is 5.91 Å². The molecule has 1 aliphatic rings. The second kappa shape index (κ2) is 7.95. The Morgan fingerprint density at radius 2 is 2.00 bits per heavy atom. The first-order valence-corrected chi connectivity index (χ1v) is 9.40. The van der Waals surface area contributed by atoms with Gasteiger partial charge in [-0.2, -0.15) is 0 Å². The third-order valence-electron chi connectivity index (χ3n) is 4.42. The SMILES string of the molecule is Cc1cccnc1NC(=O)C1CCCN(C(=O)c2ccc(I)cc2)C1. The maximum absolute atomic E-state index is 12.7. The van der Waals surface area contributed by atoms with E-state index in [1.807, 2.05) is 43.3 Å². The normalized spacial score (nSPS) is 17.2. The molecule has 6 heteroatoms. The van der Waals surface area contributed by atoms with E-state index < -0.39 is 0 Å². The molecule has 3 rings (SSSR count). The number of pyridine rings is 1. The summed E-state index contributed by atoms with van der Waals surface area (Å²) in [4.78, 5) is 31.2. The van der Waals surface area contributed by atoms with Gasteiger partial charge in [-0.15, -0.1) is 0 Å². The van der Waals surface area contributed by atoms with E-state index in [4.69, 9.17) is 0 Å². The van der Waals surface area contributed by atoms with E-state index >= 15 is 0 Å². The Hall–Kier alpha value is -1.96. The molecule has 1 aromatic carbocycles. The van der Waals surface area contributed by atoms with Crippen LogP contribution in [-0.2, 0) is 4.79 Å². The van der Waals surface area contributed by atoms with E-state index in [2.05, 4.69) is 32.9 Å². The number of carbonyl (C=O) groups is 2. The van der Waals surface area contributed by atoms with E-state index in [-0.39, 0.29) is 17.7 Å². The number of amides is 2. The van der Waals surface area contributed by atoms with Crippen LogP contribution in [0, 0.1) is 16.4 Å². The summed E-state index contributed by atoms with van der Waals surface area (Å²) in [6, 6.07) is 11.3. The monoisotopic (exact) mass is 449 g/mol. The number of carbonyl (C=O) groups excluding carboxylic acids is 2. The second-order valence-electron chi connectivity index (χ2n) is 6.26. The van der Waals surface area contributed by atoms with Crippen molar-refractivity contribution in [2.24, 2.45) is 5.92 Å². The highest BCUT2D eigenvalue weighted by atomic mass is 127. The lowest BCUT2D eigenvalue weighted by Gasteiger charge is -2.32. The highest BCUT2D eigenvalue weighted by molar-refractivity contribution is 14.1. The molecule has 2 amide bonds. The zero-order chi connectivity index (χ0) is 17.8. The molecule has 0 spiro atoms. The fourth-order valence-electron chi connectivity index (χ4n) is 2.99. The first kappa shape index (κ1) is 17.8. The van der Waals surface area contributed by atoms with Crippen molar-refractivity contribution in [3.05, 3.63) is 57.3 Å². The van der Waals surface area contributed by atoms with Crippen LogP contribution in [0.25, 0.3) is 0 Å². The number of likely N-dealkylation sites (tertiary alicyclic amines) is 1. The van der Waals surface area contributed by atoms with Crippen molar-refractivity contribution in [3.8, 4) is 0 Å². The van der Waals surface area contributed by atoms with Crippen molar-refractivity contribution in [2.45, 2.75) is 19.8 Å². The topological polar surface area (TPSA) is 62.3 Å². The molecule has 2 heterocycles. The van der Waals surface area contributed by atoms with Crippen LogP contribution >= 0.6 is 22.6 Å². The maximum atomic E-state index is 12.7. The van der Waals surface area contributed by atoms with Gasteiger partial charge in [-0.1, -0.05) is 6.07 Å². The molecule has 1 unspecified atom stereocenters. The summed E-state index contributed by atoms with van der Waals surface area (Å²) in [5.41, 5.74) is 1.60. The standard InChI is InChI=1S/C19H20IN3O2/c1-13-4-2-10-21-17(13)22-18(24)15-5-3-11-23(12-15)19(25)14-6-8-16(20)9-7-14/h2,4,6-10,15H,3,5,11-12H2,1H3,(H,21,22,24). The molecule has 0 saturated carbocycles. The number of aromatic nitrogens is 1. The summed E-state index contributed by atoms with van der Waals surface area (Å²) in [6.07, 6.45) is 3.28. The first-order valence-electron chi connectivity index (χ1n) is 8.32. The Morgan fingerprint density at radius 3 is 2.72 bits per heavy atom. The number of rotatable bonds is 3. The van der Waals surface area contributed by atoms with Gasteiger partial charge >= 0.3 is 0 Å². The van der Waals surface area contributed by atoms with Gasteiger partial charge in [-0.3, -0.25) is 9.59 Å². The van der Waals surface area contributed by atoms with Gasteiger partial charge in [0.05, 0.1) is 5.92 Å². The zero-order valence-corrected chi connectivity index (χ0v) is 16.2. The van der Waals surface area contributed by atoms with E-state index in [1.54, 1.807) is 11.1 Å². The number of piperidine rings is 1. The first-order chi connectivity index (χ1) is 12.0. The lowest BCUT2D eigenvalue weighted by atomic mass is 9.96. The molecular weight excluding hydrogens is 429 g/mol. The van der Waals surface area contributed by atoms with Gasteiger partial charge in [0.2, 0.25) is 5.91 Å². The smallest absolute Gasteiger partial charge is 0.253 e. The minimum atomic E-state index is -0.206. The summed E-state index contributed by atoms with van der Waals surface area (Å²) in [7, 11) is 0. The van der Waals surface area contributed by atoms with E-state index in [0.717, 1.165) is 22.0 Å². The molecular formula is C19H20IN3O2. The fraction of sp³-hybridized carbons (Fsp3) is 0.316. The molecule has 25 heavy (non-hydrogen) atoms. The summed E-state index contributed by atoms with van der Waals surface area (Å²) in [5.74, 6) is 0.307. The molecule has 1 fully saturated rings. The minimum absolute atomic E-state index is 0.0112. The predicted molar refractivity (Wildman–Crippen MR) is 105 cm³/mol. The molecule has 130 valence electrons. The number of nitrogens with one attached hydrogen (secondary N) is 1. The van der Waals surface area contributed by atoms with Gasteiger partial charge < -0.3 is 10.2 Å². The van der Waals surface area contributed by atoms with Gasteiger partial charge in [0, 0.05) is 28.4 Å². The Labute approximate surface area is 161 Å². The second-order valence-corrected chi connectivity index (χ2v) is 7.50. The van der Waals surface area contributed by atoms with Crippen LogP contribution in [0.15, 0.2) is 42.6 Å². The lowest BCUT2D eigenvalue weighted by molar-refractivity contribution is -0.121. The Balaban J connectivity index is 1.66. The zero-order valence-electron chi connectivity index (χ0n) is 14.0. The van der Waals surface area contributed by atoms with Crippen LogP contribution in [-0.4, -0.2) is 34.8 Å². The Morgan fingerprint density at radius 1 is 1.24 bits per heavy atom. The van der Waals surface area contributed by atoms with Gasteiger partial charge in [-0.05, 0) is 78.3 Å². The number of hydrogen-bond acceptors (Lipinski definition) is 3.